The number of hydrogen-bond donors (Lipinski definition) is 0. The summed E-state index contributed by atoms with van der Waals surface area (Å²) < 4.78 is 20.3. The van der Waals surface area contributed by atoms with E-state index in [-0.39, 0.29) is 0 Å². The number of para-hydroxylation sites is 3. The fourth-order valence-electron chi connectivity index (χ4n) is 24.9. The summed E-state index contributed by atoms with van der Waals surface area (Å²) in [6.07, 6.45) is 5.78. The third-order valence-electron chi connectivity index (χ3n) is 31.5. The molecule has 149 heavy (non-hydrogen) atoms. The Labute approximate surface area is 853 Å². The molecule has 9 nitrogen and oxygen atoms in total. The second kappa shape index (κ2) is 32.9. The number of furan rings is 3. The monoisotopic (exact) mass is 1890 g/mol. The lowest BCUT2D eigenvalue weighted by Crippen LogP contribution is -2.26. The highest BCUT2D eigenvalue weighted by atomic mass is 16.3. The number of fused-ring (bicyclic) bond motifs is 43. The van der Waals surface area contributed by atoms with E-state index in [2.05, 4.69) is 462 Å². The van der Waals surface area contributed by atoms with Gasteiger partial charge in [0.05, 0.1) is 74.2 Å². The van der Waals surface area contributed by atoms with Crippen molar-refractivity contribution < 1.29 is 13.3 Å². The van der Waals surface area contributed by atoms with E-state index in [1.54, 1.807) is 0 Å². The molecule has 1 spiro atoms. The first-order chi connectivity index (χ1) is 73.8. The van der Waals surface area contributed by atoms with Crippen molar-refractivity contribution >= 4 is 196 Å². The van der Waals surface area contributed by atoms with Crippen LogP contribution >= 0.6 is 0 Å². The molecule has 0 unspecified atom stereocenters. The van der Waals surface area contributed by atoms with Gasteiger partial charge in [0.15, 0.2) is 0 Å². The molecule has 0 amide bonds. The Bertz CT molecular complexity index is 11100. The molecule has 25 aromatic carbocycles. The predicted molar refractivity (Wildman–Crippen MR) is 617 cm³/mol. The number of aromatic nitrogens is 6. The van der Waals surface area contributed by atoms with E-state index in [1.807, 2.05) is 24.7 Å². The fraction of sp³-hybridized carbons (Fsp3) is 0.0143. The average molecular weight is 1900 g/mol. The van der Waals surface area contributed by atoms with Gasteiger partial charge in [-0.2, -0.15) is 0 Å². The largest absolute Gasteiger partial charge is 0.455 e. The third kappa shape index (κ3) is 12.7. The number of rotatable bonds is 7. The molecule has 6 heterocycles. The Morgan fingerprint density at radius 2 is 0.470 bits per heavy atom. The summed E-state index contributed by atoms with van der Waals surface area (Å²) in [6.45, 7) is 2.11. The van der Waals surface area contributed by atoms with Crippen molar-refractivity contribution in [2.24, 2.45) is 0 Å². The first kappa shape index (κ1) is 83.8. The van der Waals surface area contributed by atoms with Crippen LogP contribution in [0.15, 0.2) is 493 Å². The Morgan fingerprint density at radius 1 is 0.174 bits per heavy atom. The summed E-state index contributed by atoms with van der Waals surface area (Å²) in [6, 6.07) is 165. The van der Waals surface area contributed by atoms with Crippen LogP contribution in [-0.2, 0) is 5.41 Å². The maximum atomic E-state index is 6.90. The van der Waals surface area contributed by atoms with Crippen LogP contribution in [0, 0.1) is 6.92 Å². The van der Waals surface area contributed by atoms with Gasteiger partial charge >= 0.3 is 0 Å². The van der Waals surface area contributed by atoms with Crippen molar-refractivity contribution in [2.45, 2.75) is 12.3 Å². The molecule has 0 bridgehead atoms. The molecule has 9 heteroatoms. The number of nitrogens with zero attached hydrogens (tertiary/aromatic N) is 6. The number of benzene rings is 25. The quantitative estimate of drug-likeness (QED) is 0.144. The minimum atomic E-state index is -0.555. The molecule has 0 fully saturated rings. The van der Waals surface area contributed by atoms with Crippen molar-refractivity contribution in [1.29, 1.82) is 0 Å². The van der Waals surface area contributed by atoms with Crippen LogP contribution < -0.4 is 0 Å². The first-order valence-electron chi connectivity index (χ1n) is 50.8. The number of hydrogen-bond acceptors (Lipinski definition) is 9. The highest BCUT2D eigenvalue weighted by molar-refractivity contribution is 6.30. The standard InChI is InChI=1S/C57H32N2O.C44H26N2O.C39H24N2O/c1-2-14-36-33(13-1)29-46(56-53(36)45-21-9-12-24-52(45)60-56)34-25-27-41-42-28-26-35(51-32-58-54-43-19-5-3-15-37(43)38-16-4-6-20-44(38)55(54)59-51)31-50(42)57(49(41)30-34)47-22-10-7-17-39(47)40-18-8-11-23-48(40)57;1-2-12-27(13-3-1)32-22-11-23-37-40-31-17-5-4-14-29(31)25-38(44(40)47-43(32)37)28-15-10-16-30(24-28)39-26-45-41-35-20-8-6-18-33(35)34-19-7-9-21-36(34)42(41)46-39;1-23-10-8-19-32-35-27-14-3-2-11-25(27)21-33(39(35)42-38(23)32)24-12-9-13-26(20-24)34-22-40-36-30-17-6-4-15-28(30)29-16-5-7-18-31(29)37(36)41-34/h1-32H;1-26H;2-22H,1H3. The van der Waals surface area contributed by atoms with Crippen LogP contribution in [0.5, 0.6) is 0 Å². The van der Waals surface area contributed by atoms with E-state index < -0.39 is 5.41 Å². The lowest BCUT2D eigenvalue weighted by Gasteiger charge is -2.31. The normalized spacial score (nSPS) is 12.5. The second-order valence-electron chi connectivity index (χ2n) is 39.5. The molecular weight excluding hydrogens is 1810 g/mol. The molecule has 690 valence electrons. The van der Waals surface area contributed by atoms with E-state index in [0.717, 1.165) is 215 Å². The van der Waals surface area contributed by atoms with E-state index in [4.69, 9.17) is 43.2 Å². The summed E-state index contributed by atoms with van der Waals surface area (Å²) in [5, 5.41) is 27.9. The summed E-state index contributed by atoms with van der Waals surface area (Å²) in [5.41, 5.74) is 36.2. The molecule has 2 aliphatic rings. The molecule has 31 aromatic rings. The van der Waals surface area contributed by atoms with Crippen LogP contribution in [0.25, 0.3) is 296 Å². The zero-order valence-corrected chi connectivity index (χ0v) is 80.5. The van der Waals surface area contributed by atoms with Crippen molar-refractivity contribution in [3.8, 4) is 101 Å². The smallest absolute Gasteiger partial charge is 0.143 e. The summed E-state index contributed by atoms with van der Waals surface area (Å²) >= 11 is 0. The Balaban J connectivity index is 0.000000103. The van der Waals surface area contributed by atoms with Crippen LogP contribution in [0.3, 0.4) is 0 Å². The molecule has 0 N–H and O–H groups in total. The maximum absolute atomic E-state index is 6.90. The minimum absolute atomic E-state index is 0.555. The minimum Gasteiger partial charge on any atom is -0.455 e. The lowest BCUT2D eigenvalue weighted by molar-refractivity contribution is 0.667. The zero-order chi connectivity index (χ0) is 97.8. The SMILES string of the molecule is Cc1cccc2c1oc1c(-c3cccc(-c4cnc5c6ccccc6c6ccccc6c5n4)c3)cc3ccccc3c12.c1ccc(-c2cccc3c2oc2c(-c4cccc(-c5cnc6c7ccccc7c7ccccc7c6n5)c4)cc4ccccc4c23)cc1.c1ccc2c(c1)-c1ccccc1C21c2cc(-c3cnc4c5ccccc5c5ccccc5c4n3)ccc2-c2ccc(-c3cc4ccccc4c4c3oc3ccccc34)cc21. The highest BCUT2D eigenvalue weighted by Crippen LogP contribution is 2.64. The van der Waals surface area contributed by atoms with Gasteiger partial charge in [-0.05, 0) is 192 Å². The van der Waals surface area contributed by atoms with Gasteiger partial charge in [-0.1, -0.05) is 413 Å². The molecular formula is C140H82N6O3. The van der Waals surface area contributed by atoms with E-state index >= 15 is 0 Å². The Hall–Kier alpha value is -19.7. The predicted octanol–water partition coefficient (Wildman–Crippen LogP) is 37.3. The molecule has 6 aromatic heterocycles. The first-order valence-corrected chi connectivity index (χ1v) is 50.8. The molecule has 33 rings (SSSR count). The summed E-state index contributed by atoms with van der Waals surface area (Å²) in [5.74, 6) is 0. The highest BCUT2D eigenvalue weighted by Gasteiger charge is 2.52. The van der Waals surface area contributed by atoms with Gasteiger partial charge in [0, 0.05) is 104 Å². The second-order valence-corrected chi connectivity index (χ2v) is 39.5. The molecule has 0 aliphatic heterocycles. The van der Waals surface area contributed by atoms with Crippen molar-refractivity contribution in [1.82, 2.24) is 29.9 Å². The molecule has 0 saturated heterocycles. The summed E-state index contributed by atoms with van der Waals surface area (Å²) in [7, 11) is 0. The van der Waals surface area contributed by atoms with Gasteiger partial charge in [-0.25, -0.2) is 15.0 Å². The molecule has 2 aliphatic carbocycles. The molecule has 0 saturated carbocycles. The topological polar surface area (TPSA) is 117 Å². The van der Waals surface area contributed by atoms with Gasteiger partial charge < -0.3 is 13.3 Å². The van der Waals surface area contributed by atoms with Crippen LogP contribution in [0.1, 0.15) is 27.8 Å². The van der Waals surface area contributed by atoms with Gasteiger partial charge in [0.25, 0.3) is 0 Å². The van der Waals surface area contributed by atoms with Gasteiger partial charge in [-0.3, -0.25) is 15.0 Å². The zero-order valence-electron chi connectivity index (χ0n) is 80.5. The van der Waals surface area contributed by atoms with Crippen LogP contribution in [-0.4, -0.2) is 29.9 Å². The van der Waals surface area contributed by atoms with Gasteiger partial charge in [0.2, 0.25) is 0 Å². The maximum Gasteiger partial charge on any atom is 0.143 e. The third-order valence-corrected chi connectivity index (χ3v) is 31.5. The van der Waals surface area contributed by atoms with E-state index in [1.165, 1.54) is 109 Å². The summed E-state index contributed by atoms with van der Waals surface area (Å²) in [4.78, 5) is 31.1. The van der Waals surface area contributed by atoms with E-state index in [0.29, 0.717) is 0 Å². The lowest BCUT2D eigenvalue weighted by atomic mass is 9.70. The van der Waals surface area contributed by atoms with Crippen molar-refractivity contribution in [3.05, 3.63) is 507 Å². The Morgan fingerprint density at radius 3 is 0.926 bits per heavy atom. The number of aryl methyl sites for hydroxylation is 1. The fourth-order valence-corrected chi connectivity index (χ4v) is 24.9. The van der Waals surface area contributed by atoms with Crippen molar-refractivity contribution in [3.63, 3.8) is 0 Å². The van der Waals surface area contributed by atoms with Crippen LogP contribution in [0.4, 0.5) is 0 Å². The van der Waals surface area contributed by atoms with Crippen LogP contribution in [0.2, 0.25) is 0 Å². The molecule has 0 atom stereocenters. The van der Waals surface area contributed by atoms with Gasteiger partial charge in [-0.15, -0.1) is 0 Å². The molecule has 0 radical (unpaired) electrons. The average Bonchev–Trinajstić information content (AvgIpc) is 1.50. The van der Waals surface area contributed by atoms with Crippen molar-refractivity contribution in [2.75, 3.05) is 0 Å². The Kier molecular flexibility index (Phi) is 18.5. The van der Waals surface area contributed by atoms with Gasteiger partial charge in [0.1, 0.15) is 33.5 Å². The van der Waals surface area contributed by atoms with E-state index in [9.17, 15) is 0 Å².